The topological polar surface area (TPSA) is 162 Å². The van der Waals surface area contributed by atoms with Crippen LogP contribution in [0.15, 0.2) is 25.3 Å². The zero-order chi connectivity index (χ0) is 36.8. The quantitative estimate of drug-likeness (QED) is 0.314. The first-order valence-electron chi connectivity index (χ1n) is 18.3. The summed E-state index contributed by atoms with van der Waals surface area (Å²) >= 11 is 0. The van der Waals surface area contributed by atoms with Gasteiger partial charge in [0.2, 0.25) is 0 Å². The first-order chi connectivity index (χ1) is 23.2. The van der Waals surface area contributed by atoms with Crippen LogP contribution in [-0.2, 0) is 35.3 Å². The summed E-state index contributed by atoms with van der Waals surface area (Å²) in [5.74, 6) is -2.79. The fraction of sp³-hybridized carbons (Fsp3) is 0.769. The molecule has 0 amide bonds. The lowest BCUT2D eigenvalue weighted by atomic mass is 9.33. The minimum atomic E-state index is -1.16. The van der Waals surface area contributed by atoms with Crippen LogP contribution in [0.1, 0.15) is 118 Å². The van der Waals surface area contributed by atoms with Gasteiger partial charge in [0.05, 0.1) is 17.9 Å². The van der Waals surface area contributed by atoms with Crippen molar-refractivity contribution in [2.45, 2.75) is 132 Å². The van der Waals surface area contributed by atoms with Crippen molar-refractivity contribution in [1.82, 2.24) is 5.32 Å². The van der Waals surface area contributed by atoms with E-state index in [1.54, 1.807) is 13.8 Å². The Labute approximate surface area is 294 Å². The highest BCUT2D eigenvalue weighted by atomic mass is 16.6. The summed E-state index contributed by atoms with van der Waals surface area (Å²) in [6.45, 7) is 15.8. The molecule has 11 nitrogen and oxygen atoms in total. The highest BCUT2D eigenvalue weighted by Crippen LogP contribution is 2.75. The second-order valence-corrected chi connectivity index (χ2v) is 17.9. The van der Waals surface area contributed by atoms with E-state index in [0.717, 1.165) is 24.8 Å². The van der Waals surface area contributed by atoms with Gasteiger partial charge in [-0.2, -0.15) is 0 Å². The molecule has 1 aromatic rings. The molecule has 1 aromatic heterocycles. The summed E-state index contributed by atoms with van der Waals surface area (Å²) in [4.78, 5) is 66.1. The molecule has 5 aliphatic carbocycles. The number of aliphatic carboxylic acids is 1. The molecule has 0 radical (unpaired) electrons. The summed E-state index contributed by atoms with van der Waals surface area (Å²) in [5.41, 5.74) is -2.24. The maximum atomic E-state index is 14.8. The van der Waals surface area contributed by atoms with Crippen molar-refractivity contribution in [3.8, 4) is 0 Å². The smallest absolute Gasteiger partial charge is 0.481 e. The summed E-state index contributed by atoms with van der Waals surface area (Å²) < 4.78 is 21.0. The van der Waals surface area contributed by atoms with Gasteiger partial charge in [0, 0.05) is 12.0 Å². The Hall–Kier alpha value is -3.21. The molecule has 276 valence electrons. The van der Waals surface area contributed by atoms with Crippen LogP contribution < -0.4 is 11.1 Å². The number of ketones is 1. The first-order valence-corrected chi connectivity index (χ1v) is 18.3. The molecule has 0 spiro atoms. The molecule has 1 unspecified atom stereocenters. The molecule has 6 rings (SSSR count). The minimum absolute atomic E-state index is 0.00905. The standard InChI is InChI=1S/C39H55NO10/c1-21(30(42)47-9)40-28-11-12-36(5)27(39(28,8)32(45)48-20-26-22(2)49-33(46)50-26)10-13-38(7)29(36)25(41)18-23-24-19-35(4,31(43)44)15-14-34(24,3)16-17-37(23,38)6/h18,21,24,27-29,40H,10-17,19-20H2,1-9H3,(H,43,44)/t21?,24-,27+,28-,29+,34+,35-,36-,37+,38+,39-/m0/s1. The van der Waals surface area contributed by atoms with Gasteiger partial charge in [0.1, 0.15) is 6.04 Å². The predicted octanol–water partition coefficient (Wildman–Crippen LogP) is 6.15. The van der Waals surface area contributed by atoms with E-state index in [4.69, 9.17) is 18.3 Å². The number of fused-ring (bicyclic) bond motifs is 7. The van der Waals surface area contributed by atoms with Gasteiger partial charge < -0.3 is 28.7 Å². The molecular formula is C39H55NO10. The number of hydrogen-bond acceptors (Lipinski definition) is 10. The Balaban J connectivity index is 1.40. The van der Waals surface area contributed by atoms with Crippen molar-refractivity contribution >= 4 is 23.7 Å². The van der Waals surface area contributed by atoms with E-state index in [2.05, 4.69) is 33.0 Å². The molecule has 4 saturated carbocycles. The molecule has 11 atom stereocenters. The minimum Gasteiger partial charge on any atom is -0.481 e. The second-order valence-electron chi connectivity index (χ2n) is 17.9. The van der Waals surface area contributed by atoms with Gasteiger partial charge in [0.15, 0.2) is 23.9 Å². The van der Waals surface area contributed by atoms with Crippen LogP contribution in [0.5, 0.6) is 0 Å². The summed E-state index contributed by atoms with van der Waals surface area (Å²) in [5, 5.41) is 13.6. The van der Waals surface area contributed by atoms with E-state index < -0.39 is 57.5 Å². The molecular weight excluding hydrogens is 642 g/mol. The van der Waals surface area contributed by atoms with Gasteiger partial charge in [-0.1, -0.05) is 33.3 Å². The Kier molecular flexibility index (Phi) is 8.72. The van der Waals surface area contributed by atoms with Gasteiger partial charge in [-0.25, -0.2) is 4.79 Å². The highest BCUT2D eigenvalue weighted by Gasteiger charge is 2.72. The van der Waals surface area contributed by atoms with Gasteiger partial charge in [0.25, 0.3) is 0 Å². The molecule has 0 bridgehead atoms. The molecule has 0 aromatic carbocycles. The Bertz CT molecular complexity index is 1690. The zero-order valence-electron chi connectivity index (χ0n) is 31.2. The lowest BCUT2D eigenvalue weighted by Gasteiger charge is -2.70. The predicted molar refractivity (Wildman–Crippen MR) is 182 cm³/mol. The second kappa shape index (κ2) is 11.9. The van der Waals surface area contributed by atoms with Crippen molar-refractivity contribution in [2.24, 2.45) is 50.2 Å². The van der Waals surface area contributed by atoms with Crippen LogP contribution in [0.4, 0.5) is 0 Å². The Morgan fingerprint density at radius 3 is 2.28 bits per heavy atom. The fourth-order valence-electron chi connectivity index (χ4n) is 12.0. The third kappa shape index (κ3) is 5.10. The lowest BCUT2D eigenvalue weighted by molar-refractivity contribution is -0.206. The molecule has 5 aliphatic rings. The molecule has 0 aliphatic heterocycles. The number of nitrogens with one attached hydrogen (secondary N) is 1. The van der Waals surface area contributed by atoms with Gasteiger partial charge in [-0.05, 0) is 125 Å². The van der Waals surface area contributed by atoms with E-state index in [-0.39, 0.29) is 52.5 Å². The van der Waals surface area contributed by atoms with Gasteiger partial charge in [-0.15, -0.1) is 0 Å². The van der Waals surface area contributed by atoms with Crippen molar-refractivity contribution < 1.29 is 42.6 Å². The van der Waals surface area contributed by atoms with Crippen LogP contribution in [0.3, 0.4) is 0 Å². The first kappa shape index (κ1) is 36.6. The van der Waals surface area contributed by atoms with E-state index in [1.165, 1.54) is 7.11 Å². The van der Waals surface area contributed by atoms with E-state index in [1.807, 2.05) is 19.9 Å². The van der Waals surface area contributed by atoms with E-state index in [0.29, 0.717) is 38.5 Å². The largest absolute Gasteiger partial charge is 0.519 e. The normalized spacial score (nSPS) is 42.9. The molecule has 50 heavy (non-hydrogen) atoms. The fourth-order valence-corrected chi connectivity index (χ4v) is 12.0. The van der Waals surface area contributed by atoms with E-state index >= 15 is 0 Å². The highest BCUT2D eigenvalue weighted by molar-refractivity contribution is 5.96. The van der Waals surface area contributed by atoms with Gasteiger partial charge >= 0.3 is 23.7 Å². The number of allylic oxidation sites excluding steroid dienone is 2. The molecule has 2 N–H and O–H groups in total. The maximum absolute atomic E-state index is 14.8. The molecule has 0 saturated heterocycles. The average Bonchev–Trinajstić information content (AvgIpc) is 3.38. The number of methoxy groups -OCH3 is 1. The third-order valence-electron chi connectivity index (χ3n) is 15.4. The van der Waals surface area contributed by atoms with Crippen molar-refractivity contribution in [1.29, 1.82) is 0 Å². The summed E-state index contributed by atoms with van der Waals surface area (Å²) in [6, 6.07) is -1.15. The number of carbonyl (C=O) groups is 4. The Morgan fingerprint density at radius 2 is 1.66 bits per heavy atom. The van der Waals surface area contributed by atoms with Crippen LogP contribution >= 0.6 is 0 Å². The van der Waals surface area contributed by atoms with Crippen molar-refractivity contribution in [2.75, 3.05) is 7.11 Å². The summed E-state index contributed by atoms with van der Waals surface area (Å²) in [7, 11) is 1.33. The lowest BCUT2D eigenvalue weighted by Crippen LogP contribution is -2.70. The zero-order valence-corrected chi connectivity index (χ0v) is 31.2. The number of carboxylic acids is 1. The summed E-state index contributed by atoms with van der Waals surface area (Å²) in [6.07, 6.45) is 8.32. The average molecular weight is 698 g/mol. The molecule has 4 fully saturated rings. The van der Waals surface area contributed by atoms with Gasteiger partial charge in [-0.3, -0.25) is 19.2 Å². The third-order valence-corrected chi connectivity index (χ3v) is 15.4. The number of esters is 2. The van der Waals surface area contributed by atoms with Crippen molar-refractivity contribution in [3.05, 3.63) is 33.8 Å². The number of aryl methyl sites for hydroxylation is 1. The molecule has 1 heterocycles. The van der Waals surface area contributed by atoms with E-state index in [9.17, 15) is 29.1 Å². The molecule has 11 heteroatoms. The van der Waals surface area contributed by atoms with Crippen LogP contribution in [0.2, 0.25) is 0 Å². The van der Waals surface area contributed by atoms with Crippen molar-refractivity contribution in [3.63, 3.8) is 0 Å². The number of carbonyl (C=O) groups excluding carboxylic acids is 3. The maximum Gasteiger partial charge on any atom is 0.519 e. The number of carboxylic acid groups (broad SMARTS) is 1. The number of rotatable bonds is 7. The van der Waals surface area contributed by atoms with Crippen LogP contribution in [0, 0.1) is 57.2 Å². The monoisotopic (exact) mass is 697 g/mol. The number of hydrogen-bond donors (Lipinski definition) is 2. The number of ether oxygens (including phenoxy) is 2. The van der Waals surface area contributed by atoms with Crippen LogP contribution in [0.25, 0.3) is 0 Å². The Morgan fingerprint density at radius 1 is 0.980 bits per heavy atom. The van der Waals surface area contributed by atoms with Crippen LogP contribution in [-0.4, -0.2) is 48.0 Å². The SMILES string of the molecule is COC(=O)C(C)N[C@H]1CC[C@@]2(C)[C@@H](CC[C@]3(C)[C@@H]2C(=O)C=C2[C@@H]4C[C@@](C)(C(=O)O)CC[C@]4(C)CC[C@]23C)[C@]1(C)C(=O)OCc1oc(=O)oc1C.